The van der Waals surface area contributed by atoms with Crippen LogP contribution in [0.5, 0.6) is 5.75 Å². The summed E-state index contributed by atoms with van der Waals surface area (Å²) in [5.74, 6) is -17.4. The number of methoxy groups -OCH3 is 2. The lowest BCUT2D eigenvalue weighted by atomic mass is 10.1. The molecule has 0 aliphatic rings. The Morgan fingerprint density at radius 2 is 1.52 bits per heavy atom. The van der Waals surface area contributed by atoms with Crippen LogP contribution in [0.2, 0.25) is 0 Å². The van der Waals surface area contributed by atoms with Crippen LogP contribution in [0.3, 0.4) is 0 Å². The largest absolute Gasteiger partial charge is 0.504 e. The second-order valence-corrected chi connectivity index (χ2v) is 4.73. The normalized spacial score (nSPS) is 14.1. The number of alkyl halides is 7. The van der Waals surface area contributed by atoms with Gasteiger partial charge in [0, 0.05) is 0 Å². The number of ether oxygens (including phenoxy) is 2. The van der Waals surface area contributed by atoms with Gasteiger partial charge in [0.25, 0.3) is 0 Å². The van der Waals surface area contributed by atoms with Crippen molar-refractivity contribution in [3.05, 3.63) is 35.7 Å². The summed E-state index contributed by atoms with van der Waals surface area (Å²) in [6.07, 6.45) is -6.72. The Kier molecular flexibility index (Phi) is 6.41. The van der Waals surface area contributed by atoms with Crippen molar-refractivity contribution in [1.82, 2.24) is 0 Å². The Hall–Kier alpha value is -2.86. The van der Waals surface area contributed by atoms with Gasteiger partial charge in [0.05, 0.1) is 19.9 Å². The second kappa shape index (κ2) is 7.80. The zero-order valence-electron chi connectivity index (χ0n) is 13.5. The van der Waals surface area contributed by atoms with Crippen molar-refractivity contribution in [3.63, 3.8) is 0 Å². The molecule has 27 heavy (non-hydrogen) atoms. The summed E-state index contributed by atoms with van der Waals surface area (Å²) in [6, 6.07) is 5.03. The predicted octanol–water partition coefficient (Wildman–Crippen LogP) is 4.55. The molecule has 1 aromatic rings. The van der Waals surface area contributed by atoms with Gasteiger partial charge in [-0.3, -0.25) is 0 Å². The molecule has 0 fully saturated rings. The Labute approximate surface area is 146 Å². The molecule has 0 saturated heterocycles. The topological polar surface area (TPSA) is 80.5 Å². The van der Waals surface area contributed by atoms with Crippen molar-refractivity contribution < 1.29 is 50.1 Å². The van der Waals surface area contributed by atoms with E-state index in [-0.39, 0.29) is 5.69 Å². The van der Waals surface area contributed by atoms with E-state index in [4.69, 9.17) is 4.74 Å². The minimum Gasteiger partial charge on any atom is -0.504 e. The van der Waals surface area contributed by atoms with Crippen LogP contribution in [-0.4, -0.2) is 43.3 Å². The summed E-state index contributed by atoms with van der Waals surface area (Å²) in [5, 5.41) is 15.3. The zero-order chi connectivity index (χ0) is 21.0. The van der Waals surface area contributed by atoms with Gasteiger partial charge in [0.1, 0.15) is 5.75 Å². The lowest BCUT2D eigenvalue weighted by molar-refractivity contribution is -0.349. The van der Waals surface area contributed by atoms with Gasteiger partial charge in [0.15, 0.2) is 0 Å². The molecule has 0 aliphatic carbocycles. The highest BCUT2D eigenvalue weighted by molar-refractivity contribution is 5.88. The highest BCUT2D eigenvalue weighted by Crippen LogP contribution is 2.49. The number of azo groups is 1. The van der Waals surface area contributed by atoms with E-state index >= 15 is 0 Å². The van der Waals surface area contributed by atoms with Gasteiger partial charge in [-0.05, 0) is 24.3 Å². The molecule has 0 aromatic heterocycles. The number of carbonyl (C=O) groups excluding carboxylic acids is 1. The van der Waals surface area contributed by atoms with E-state index in [0.717, 1.165) is 0 Å². The standard InChI is InChI=1S/C14H11F7N2O4/c1-26-8-5-3-7(4-6-8)22-23-9(11(25)27-2)10(24)12(15,16)13(17,18)14(19,20)21/h3-6,24H,1-2H3. The van der Waals surface area contributed by atoms with Gasteiger partial charge in [-0.1, -0.05) is 0 Å². The molecule has 0 atom stereocenters. The summed E-state index contributed by atoms with van der Waals surface area (Å²) >= 11 is 0. The van der Waals surface area contributed by atoms with E-state index in [1.54, 1.807) is 0 Å². The first-order chi connectivity index (χ1) is 12.3. The number of rotatable bonds is 6. The number of carbonyl (C=O) groups is 1. The van der Waals surface area contributed by atoms with Gasteiger partial charge < -0.3 is 14.6 Å². The molecule has 1 rings (SSSR count). The Balaban J connectivity index is 3.42. The third kappa shape index (κ3) is 4.46. The first-order valence-electron chi connectivity index (χ1n) is 6.69. The molecule has 0 unspecified atom stereocenters. The fraction of sp³-hybridized carbons (Fsp3) is 0.357. The smallest absolute Gasteiger partial charge is 0.460 e. The van der Waals surface area contributed by atoms with E-state index in [0.29, 0.717) is 12.9 Å². The third-order valence-electron chi connectivity index (χ3n) is 2.99. The molecular weight excluding hydrogens is 393 g/mol. The van der Waals surface area contributed by atoms with Crippen LogP contribution in [-0.2, 0) is 9.53 Å². The van der Waals surface area contributed by atoms with Crippen LogP contribution in [0.4, 0.5) is 36.4 Å². The van der Waals surface area contributed by atoms with E-state index in [1.807, 2.05) is 0 Å². The average molecular weight is 404 g/mol. The van der Waals surface area contributed by atoms with Crippen molar-refractivity contribution >= 4 is 11.7 Å². The molecule has 0 heterocycles. The maximum atomic E-state index is 13.6. The summed E-state index contributed by atoms with van der Waals surface area (Å²) in [7, 11) is 1.92. The molecule has 1 N–H and O–H groups in total. The number of hydrogen-bond donors (Lipinski definition) is 1. The Morgan fingerprint density at radius 3 is 1.93 bits per heavy atom. The van der Waals surface area contributed by atoms with Gasteiger partial charge in [-0.25, -0.2) is 4.79 Å². The van der Waals surface area contributed by atoms with Gasteiger partial charge in [0.2, 0.25) is 11.5 Å². The maximum Gasteiger partial charge on any atom is 0.460 e. The van der Waals surface area contributed by atoms with Crippen molar-refractivity contribution in [1.29, 1.82) is 0 Å². The molecule has 0 spiro atoms. The summed E-state index contributed by atoms with van der Waals surface area (Å²) in [4.78, 5) is 11.4. The maximum absolute atomic E-state index is 13.6. The Bertz CT molecular complexity index is 743. The number of nitrogens with zero attached hydrogens (tertiary/aromatic N) is 2. The van der Waals surface area contributed by atoms with E-state index in [9.17, 15) is 40.6 Å². The van der Waals surface area contributed by atoms with Gasteiger partial charge in [-0.2, -0.15) is 35.8 Å². The van der Waals surface area contributed by atoms with Gasteiger partial charge >= 0.3 is 24.0 Å². The van der Waals surface area contributed by atoms with Crippen LogP contribution in [0.25, 0.3) is 0 Å². The number of aliphatic hydroxyl groups excluding tert-OH is 1. The fourth-order valence-electron chi connectivity index (χ4n) is 1.51. The molecule has 1 aromatic carbocycles. The molecule has 6 nitrogen and oxygen atoms in total. The van der Waals surface area contributed by atoms with Crippen molar-refractivity contribution in [2.75, 3.05) is 14.2 Å². The van der Waals surface area contributed by atoms with Crippen LogP contribution in [0.1, 0.15) is 0 Å². The SMILES string of the molecule is COC(=O)C(N=Nc1ccc(OC)cc1)=C(O)C(F)(F)C(F)(F)C(F)(F)F. The van der Waals surface area contributed by atoms with Crippen LogP contribution in [0.15, 0.2) is 46.0 Å². The molecular formula is C14H11F7N2O4. The number of esters is 1. The van der Waals surface area contributed by atoms with Crippen molar-refractivity contribution in [2.45, 2.75) is 18.0 Å². The molecule has 0 saturated carbocycles. The molecule has 0 aliphatic heterocycles. The molecule has 150 valence electrons. The fourth-order valence-corrected chi connectivity index (χ4v) is 1.51. The molecule has 0 bridgehead atoms. The highest BCUT2D eigenvalue weighted by atomic mass is 19.4. The van der Waals surface area contributed by atoms with E-state index in [1.165, 1.54) is 31.4 Å². The minimum absolute atomic E-state index is 0.129. The van der Waals surface area contributed by atoms with E-state index in [2.05, 4.69) is 15.0 Å². The van der Waals surface area contributed by atoms with Crippen LogP contribution >= 0.6 is 0 Å². The summed E-state index contributed by atoms with van der Waals surface area (Å²) < 4.78 is 98.6. The van der Waals surface area contributed by atoms with Crippen molar-refractivity contribution in [3.8, 4) is 5.75 Å². The highest BCUT2D eigenvalue weighted by Gasteiger charge is 2.75. The first kappa shape index (κ1) is 22.2. The summed E-state index contributed by atoms with van der Waals surface area (Å²) in [6.45, 7) is 0. The van der Waals surface area contributed by atoms with Crippen molar-refractivity contribution in [2.24, 2.45) is 10.2 Å². The monoisotopic (exact) mass is 404 g/mol. The van der Waals surface area contributed by atoms with Crippen LogP contribution in [0, 0.1) is 0 Å². The average Bonchev–Trinajstić information content (AvgIpc) is 2.60. The number of benzene rings is 1. The molecule has 13 heteroatoms. The lowest BCUT2D eigenvalue weighted by Crippen LogP contribution is -2.53. The summed E-state index contributed by atoms with van der Waals surface area (Å²) in [5.41, 5.74) is -2.06. The number of hydrogen-bond acceptors (Lipinski definition) is 6. The third-order valence-corrected chi connectivity index (χ3v) is 2.99. The van der Waals surface area contributed by atoms with E-state index < -0.39 is 35.4 Å². The zero-order valence-corrected chi connectivity index (χ0v) is 13.5. The van der Waals surface area contributed by atoms with Crippen LogP contribution < -0.4 is 4.74 Å². The Morgan fingerprint density at radius 1 is 1.00 bits per heavy atom. The first-order valence-corrected chi connectivity index (χ1v) is 6.69. The molecule has 0 amide bonds. The number of aliphatic hydroxyl groups is 1. The van der Waals surface area contributed by atoms with Gasteiger partial charge in [-0.15, -0.1) is 5.11 Å². The molecule has 0 radical (unpaired) electrons. The quantitative estimate of drug-likeness (QED) is 0.248. The number of allylic oxidation sites excluding steroid dienone is 1. The second-order valence-electron chi connectivity index (χ2n) is 4.73. The number of halogens is 7. The lowest BCUT2D eigenvalue weighted by Gasteiger charge is -2.27. The predicted molar refractivity (Wildman–Crippen MR) is 75.1 cm³/mol. The minimum atomic E-state index is -6.72.